The molecule has 1 heterocycles. The average molecular weight is 284 g/mol. The fourth-order valence-corrected chi connectivity index (χ4v) is 3.44. The number of carbonyl (C=O) groups is 1. The molecule has 1 aliphatic heterocycles. The van der Waals surface area contributed by atoms with Crippen molar-refractivity contribution in [1.29, 1.82) is 0 Å². The van der Waals surface area contributed by atoms with Gasteiger partial charge < -0.3 is 15.2 Å². The summed E-state index contributed by atoms with van der Waals surface area (Å²) in [6.45, 7) is 4.80. The second kappa shape index (κ2) is 7.27. The molecule has 5 heteroatoms. The number of amides is 1. The third-order valence-corrected chi connectivity index (χ3v) is 4.41. The minimum atomic E-state index is -0.510. The predicted octanol–water partition coefficient (Wildman–Crippen LogP) is 1.89. The lowest BCUT2D eigenvalue weighted by Crippen LogP contribution is -2.52. The summed E-state index contributed by atoms with van der Waals surface area (Å²) in [5.74, 6) is 0. The van der Waals surface area contributed by atoms with E-state index in [1.54, 1.807) is 0 Å². The number of rotatable bonds is 4. The normalized spacial score (nSPS) is 27.0. The molecule has 116 valence electrons. The van der Waals surface area contributed by atoms with Gasteiger partial charge in [-0.3, -0.25) is 4.90 Å². The molecule has 2 fully saturated rings. The zero-order chi connectivity index (χ0) is 14.4. The van der Waals surface area contributed by atoms with Crippen molar-refractivity contribution in [3.05, 3.63) is 0 Å². The number of ether oxygens (including phenoxy) is 1. The molecule has 2 rings (SSSR count). The fraction of sp³-hybridized carbons (Fsp3) is 0.933. The fourth-order valence-electron chi connectivity index (χ4n) is 3.44. The summed E-state index contributed by atoms with van der Waals surface area (Å²) < 4.78 is 4.93. The monoisotopic (exact) mass is 284 g/mol. The lowest BCUT2D eigenvalue weighted by atomic mass is 9.84. The molecule has 2 aliphatic rings. The first-order valence-electron chi connectivity index (χ1n) is 7.99. The number of hydrogen-bond acceptors (Lipinski definition) is 4. The van der Waals surface area contributed by atoms with Crippen molar-refractivity contribution in [3.63, 3.8) is 0 Å². The van der Waals surface area contributed by atoms with Crippen molar-refractivity contribution in [3.8, 4) is 0 Å². The second-order valence-electron chi connectivity index (χ2n) is 6.22. The van der Waals surface area contributed by atoms with Crippen LogP contribution in [0, 0.1) is 0 Å². The van der Waals surface area contributed by atoms with Crippen LogP contribution in [0.1, 0.15) is 51.9 Å². The Hall–Kier alpha value is -0.810. The van der Waals surface area contributed by atoms with Crippen LogP contribution in [0.5, 0.6) is 0 Å². The van der Waals surface area contributed by atoms with E-state index in [4.69, 9.17) is 4.74 Å². The van der Waals surface area contributed by atoms with Crippen molar-refractivity contribution < 1.29 is 14.6 Å². The van der Waals surface area contributed by atoms with Gasteiger partial charge in [-0.2, -0.15) is 0 Å². The van der Waals surface area contributed by atoms with Gasteiger partial charge in [0, 0.05) is 19.1 Å². The first-order chi connectivity index (χ1) is 9.61. The van der Waals surface area contributed by atoms with Crippen molar-refractivity contribution >= 4 is 6.09 Å². The number of hydrogen-bond donors (Lipinski definition) is 2. The van der Waals surface area contributed by atoms with Crippen molar-refractivity contribution in [2.24, 2.45) is 0 Å². The van der Waals surface area contributed by atoms with Gasteiger partial charge >= 0.3 is 6.09 Å². The molecular formula is C15H28N2O3. The van der Waals surface area contributed by atoms with Crippen molar-refractivity contribution in [2.45, 2.75) is 63.5 Å². The molecule has 1 unspecified atom stereocenters. The Bertz CT molecular complexity index is 316. The Morgan fingerprint density at radius 2 is 2.10 bits per heavy atom. The third-order valence-electron chi connectivity index (χ3n) is 4.41. The summed E-state index contributed by atoms with van der Waals surface area (Å²) in [5.41, 5.74) is -0.510. The van der Waals surface area contributed by atoms with E-state index in [-0.39, 0.29) is 12.1 Å². The SMILES string of the molecule is CCOC(=O)NC1CCCN(CC2(O)CCCCC2)C1. The standard InChI is InChI=1S/C15H28N2O3/c1-2-20-14(18)16-13-7-6-10-17(11-13)12-15(19)8-4-3-5-9-15/h13,19H,2-12H2,1H3,(H,16,18). The van der Waals surface area contributed by atoms with Gasteiger partial charge in [-0.1, -0.05) is 19.3 Å². The number of alkyl carbamates (subject to hydrolysis) is 1. The maximum atomic E-state index is 11.5. The van der Waals surface area contributed by atoms with E-state index in [1.165, 1.54) is 6.42 Å². The summed E-state index contributed by atoms with van der Waals surface area (Å²) in [7, 11) is 0. The van der Waals surface area contributed by atoms with Gasteiger partial charge in [-0.05, 0) is 39.2 Å². The van der Waals surface area contributed by atoms with E-state index in [9.17, 15) is 9.90 Å². The molecule has 0 aromatic rings. The van der Waals surface area contributed by atoms with E-state index in [1.807, 2.05) is 6.92 Å². The lowest BCUT2D eigenvalue weighted by Gasteiger charge is -2.40. The maximum Gasteiger partial charge on any atom is 0.407 e. The molecule has 1 amide bonds. The van der Waals surface area contributed by atoms with E-state index >= 15 is 0 Å². The largest absolute Gasteiger partial charge is 0.450 e. The van der Waals surface area contributed by atoms with Gasteiger partial charge in [0.2, 0.25) is 0 Å². The highest BCUT2D eigenvalue weighted by Crippen LogP contribution is 2.29. The molecule has 5 nitrogen and oxygen atoms in total. The van der Waals surface area contributed by atoms with Crippen molar-refractivity contribution in [2.75, 3.05) is 26.2 Å². The van der Waals surface area contributed by atoms with Crippen LogP contribution in [0.25, 0.3) is 0 Å². The Morgan fingerprint density at radius 1 is 1.35 bits per heavy atom. The van der Waals surface area contributed by atoms with Gasteiger partial charge in [0.1, 0.15) is 0 Å². The highest BCUT2D eigenvalue weighted by atomic mass is 16.5. The molecule has 0 aromatic carbocycles. The van der Waals surface area contributed by atoms with Gasteiger partial charge in [0.25, 0.3) is 0 Å². The predicted molar refractivity (Wildman–Crippen MR) is 77.7 cm³/mol. The Balaban J connectivity index is 1.79. The average Bonchev–Trinajstić information content (AvgIpc) is 2.39. The van der Waals surface area contributed by atoms with Crippen LogP contribution in [0.15, 0.2) is 0 Å². The molecule has 1 aliphatic carbocycles. The maximum absolute atomic E-state index is 11.5. The highest BCUT2D eigenvalue weighted by Gasteiger charge is 2.33. The zero-order valence-corrected chi connectivity index (χ0v) is 12.6. The summed E-state index contributed by atoms with van der Waals surface area (Å²) in [5, 5.41) is 13.5. The third kappa shape index (κ3) is 4.63. The van der Waals surface area contributed by atoms with E-state index in [0.29, 0.717) is 6.61 Å². The van der Waals surface area contributed by atoms with Crippen LogP contribution in [0.2, 0.25) is 0 Å². The second-order valence-corrected chi connectivity index (χ2v) is 6.22. The zero-order valence-electron chi connectivity index (χ0n) is 12.6. The van der Waals surface area contributed by atoms with Gasteiger partial charge in [-0.15, -0.1) is 0 Å². The molecule has 0 bridgehead atoms. The quantitative estimate of drug-likeness (QED) is 0.827. The first-order valence-corrected chi connectivity index (χ1v) is 7.99. The van der Waals surface area contributed by atoms with Crippen LogP contribution >= 0.6 is 0 Å². The Kier molecular flexibility index (Phi) is 5.66. The number of aliphatic hydroxyl groups is 1. The van der Waals surface area contributed by atoms with Crippen LogP contribution in [0.4, 0.5) is 4.79 Å². The number of likely N-dealkylation sites (tertiary alicyclic amines) is 1. The number of carbonyl (C=O) groups excluding carboxylic acids is 1. The minimum Gasteiger partial charge on any atom is -0.450 e. The number of nitrogens with zero attached hydrogens (tertiary/aromatic N) is 1. The van der Waals surface area contributed by atoms with Gasteiger partial charge in [-0.25, -0.2) is 4.79 Å². The molecular weight excluding hydrogens is 256 g/mol. The van der Waals surface area contributed by atoms with E-state index in [0.717, 1.165) is 58.2 Å². The highest BCUT2D eigenvalue weighted by molar-refractivity contribution is 5.67. The molecule has 1 saturated carbocycles. The molecule has 0 radical (unpaired) electrons. The van der Waals surface area contributed by atoms with Crippen LogP contribution in [-0.4, -0.2) is 54.0 Å². The van der Waals surface area contributed by atoms with Crippen molar-refractivity contribution in [1.82, 2.24) is 10.2 Å². The summed E-state index contributed by atoms with van der Waals surface area (Å²) >= 11 is 0. The van der Waals surface area contributed by atoms with E-state index in [2.05, 4.69) is 10.2 Å². The molecule has 20 heavy (non-hydrogen) atoms. The number of piperidine rings is 1. The van der Waals surface area contributed by atoms with Gasteiger partial charge in [0.15, 0.2) is 0 Å². The summed E-state index contributed by atoms with van der Waals surface area (Å²) in [6.07, 6.45) is 7.08. The Morgan fingerprint density at radius 3 is 2.80 bits per heavy atom. The van der Waals surface area contributed by atoms with Crippen LogP contribution in [0.3, 0.4) is 0 Å². The molecule has 1 atom stereocenters. The molecule has 2 N–H and O–H groups in total. The van der Waals surface area contributed by atoms with Crippen LogP contribution < -0.4 is 5.32 Å². The lowest BCUT2D eigenvalue weighted by molar-refractivity contribution is -0.0320. The van der Waals surface area contributed by atoms with Crippen LogP contribution in [-0.2, 0) is 4.74 Å². The molecule has 0 spiro atoms. The molecule has 0 aromatic heterocycles. The van der Waals surface area contributed by atoms with Gasteiger partial charge in [0.05, 0.1) is 12.2 Å². The first kappa shape index (κ1) is 15.6. The number of nitrogens with one attached hydrogen (secondary N) is 1. The topological polar surface area (TPSA) is 61.8 Å². The minimum absolute atomic E-state index is 0.148. The number of β-amino-alcohol motifs (C(OH)–C–C–N with tert-alkyl or cyclic N) is 1. The van der Waals surface area contributed by atoms with E-state index < -0.39 is 5.60 Å². The summed E-state index contributed by atoms with van der Waals surface area (Å²) in [6, 6.07) is 0.148. The summed E-state index contributed by atoms with van der Waals surface area (Å²) in [4.78, 5) is 13.8. The smallest absolute Gasteiger partial charge is 0.407 e. The molecule has 1 saturated heterocycles. The Labute approximate surface area is 121 Å².